The standard InChI is InChI=1S/C15H11F5N2O5/c16-14(17,15(18,19)20)6-27-8-1-2-9-7(3-8)4-10(23)12(22-9)13(26)21-5-11(24)25/h1-4,23H,5-6H2,(H,21,26)(H,24,25). The lowest BCUT2D eigenvalue weighted by atomic mass is 10.1. The molecule has 0 atom stereocenters. The van der Waals surface area contributed by atoms with E-state index in [4.69, 9.17) is 5.11 Å². The Balaban J connectivity index is 2.22. The topological polar surface area (TPSA) is 109 Å². The first-order valence-electron chi connectivity index (χ1n) is 7.12. The van der Waals surface area contributed by atoms with Gasteiger partial charge in [-0.3, -0.25) is 9.59 Å². The molecular formula is C15H11F5N2O5. The Morgan fingerprint density at radius 1 is 1.15 bits per heavy atom. The molecule has 1 amide bonds. The number of aromatic nitrogens is 1. The average Bonchev–Trinajstić information content (AvgIpc) is 2.56. The van der Waals surface area contributed by atoms with Crippen molar-refractivity contribution in [3.05, 3.63) is 30.0 Å². The van der Waals surface area contributed by atoms with Crippen LogP contribution in [0.25, 0.3) is 10.9 Å². The summed E-state index contributed by atoms with van der Waals surface area (Å²) in [4.78, 5) is 26.0. The molecule has 0 saturated carbocycles. The van der Waals surface area contributed by atoms with Crippen molar-refractivity contribution in [2.75, 3.05) is 13.2 Å². The highest BCUT2D eigenvalue weighted by Gasteiger charge is 2.58. The molecule has 146 valence electrons. The predicted molar refractivity (Wildman–Crippen MR) is 79.9 cm³/mol. The van der Waals surface area contributed by atoms with E-state index in [-0.39, 0.29) is 16.7 Å². The van der Waals surface area contributed by atoms with E-state index < -0.39 is 48.6 Å². The lowest BCUT2D eigenvalue weighted by molar-refractivity contribution is -0.290. The van der Waals surface area contributed by atoms with E-state index >= 15 is 0 Å². The first kappa shape index (κ1) is 20.1. The predicted octanol–water partition coefficient (Wildman–Crippen LogP) is 2.33. The van der Waals surface area contributed by atoms with Gasteiger partial charge >= 0.3 is 18.1 Å². The molecule has 0 saturated heterocycles. The molecule has 2 rings (SSSR count). The maximum atomic E-state index is 12.9. The van der Waals surface area contributed by atoms with Crippen molar-refractivity contribution in [3.8, 4) is 11.5 Å². The van der Waals surface area contributed by atoms with Crippen molar-refractivity contribution in [2.45, 2.75) is 12.1 Å². The van der Waals surface area contributed by atoms with Crippen LogP contribution in [0.2, 0.25) is 0 Å². The van der Waals surface area contributed by atoms with Gasteiger partial charge in [0.25, 0.3) is 5.91 Å². The molecular weight excluding hydrogens is 383 g/mol. The number of carbonyl (C=O) groups is 2. The number of rotatable bonds is 6. The highest BCUT2D eigenvalue weighted by atomic mass is 19.4. The molecule has 1 aromatic carbocycles. The zero-order chi connectivity index (χ0) is 20.4. The van der Waals surface area contributed by atoms with Gasteiger partial charge in [0.05, 0.1) is 5.52 Å². The van der Waals surface area contributed by atoms with Crippen LogP contribution in [-0.2, 0) is 4.79 Å². The number of amides is 1. The maximum Gasteiger partial charge on any atom is 0.456 e. The van der Waals surface area contributed by atoms with E-state index in [9.17, 15) is 36.6 Å². The lowest BCUT2D eigenvalue weighted by Gasteiger charge is -2.19. The number of aromatic hydroxyl groups is 1. The largest absolute Gasteiger partial charge is 0.505 e. The summed E-state index contributed by atoms with van der Waals surface area (Å²) in [5, 5.41) is 20.4. The monoisotopic (exact) mass is 394 g/mol. The fraction of sp³-hybridized carbons (Fsp3) is 0.267. The number of nitrogens with one attached hydrogen (secondary N) is 1. The van der Waals surface area contributed by atoms with Gasteiger partial charge in [0, 0.05) is 5.39 Å². The molecule has 0 aliphatic carbocycles. The summed E-state index contributed by atoms with van der Waals surface area (Å²) in [6.45, 7) is -2.64. The number of pyridine rings is 1. The summed E-state index contributed by atoms with van der Waals surface area (Å²) in [6.07, 6.45) is -5.76. The maximum absolute atomic E-state index is 12.9. The van der Waals surface area contributed by atoms with E-state index in [0.717, 1.165) is 18.2 Å². The Hall–Kier alpha value is -3.18. The molecule has 0 bridgehead atoms. The van der Waals surface area contributed by atoms with Gasteiger partial charge in [-0.25, -0.2) is 4.98 Å². The van der Waals surface area contributed by atoms with Gasteiger partial charge < -0.3 is 20.3 Å². The molecule has 7 nitrogen and oxygen atoms in total. The number of halogens is 5. The molecule has 2 aromatic rings. The number of carboxylic acids is 1. The Kier molecular flexibility index (Phi) is 5.38. The fourth-order valence-electron chi connectivity index (χ4n) is 1.90. The van der Waals surface area contributed by atoms with Crippen LogP contribution < -0.4 is 10.1 Å². The number of hydrogen-bond donors (Lipinski definition) is 3. The van der Waals surface area contributed by atoms with Crippen molar-refractivity contribution in [1.29, 1.82) is 0 Å². The second-order valence-electron chi connectivity index (χ2n) is 5.28. The van der Waals surface area contributed by atoms with Crippen molar-refractivity contribution in [1.82, 2.24) is 10.3 Å². The van der Waals surface area contributed by atoms with Crippen LogP contribution in [-0.4, -0.2) is 52.3 Å². The molecule has 1 heterocycles. The van der Waals surface area contributed by atoms with Crippen LogP contribution >= 0.6 is 0 Å². The van der Waals surface area contributed by atoms with Gasteiger partial charge in [-0.1, -0.05) is 0 Å². The summed E-state index contributed by atoms with van der Waals surface area (Å²) < 4.78 is 66.6. The molecule has 3 N–H and O–H groups in total. The molecule has 1 aromatic heterocycles. The molecule has 0 unspecified atom stereocenters. The fourth-order valence-corrected chi connectivity index (χ4v) is 1.90. The molecule has 0 aliphatic rings. The lowest BCUT2D eigenvalue weighted by Crippen LogP contribution is -2.41. The number of aliphatic carboxylic acids is 1. The van der Waals surface area contributed by atoms with Crippen molar-refractivity contribution in [3.63, 3.8) is 0 Å². The van der Waals surface area contributed by atoms with Gasteiger partial charge in [-0.2, -0.15) is 22.0 Å². The number of alkyl halides is 5. The van der Waals surface area contributed by atoms with E-state index in [1.54, 1.807) is 0 Å². The van der Waals surface area contributed by atoms with E-state index in [2.05, 4.69) is 9.72 Å². The number of carbonyl (C=O) groups excluding carboxylic acids is 1. The van der Waals surface area contributed by atoms with Crippen LogP contribution in [0.4, 0.5) is 22.0 Å². The minimum atomic E-state index is -5.76. The quantitative estimate of drug-likeness (QED) is 0.649. The van der Waals surface area contributed by atoms with Gasteiger partial charge in [0.2, 0.25) is 0 Å². The summed E-state index contributed by atoms with van der Waals surface area (Å²) in [5.74, 6) is -8.32. The number of fused-ring (bicyclic) bond motifs is 1. The van der Waals surface area contributed by atoms with Crippen LogP contribution in [0.5, 0.6) is 11.5 Å². The summed E-state index contributed by atoms with van der Waals surface area (Å²) in [6, 6.07) is 4.28. The van der Waals surface area contributed by atoms with E-state index in [0.29, 0.717) is 0 Å². The number of ether oxygens (including phenoxy) is 1. The SMILES string of the molecule is O=C(O)CNC(=O)c1nc2ccc(OCC(F)(F)C(F)(F)F)cc2cc1O. The summed E-state index contributed by atoms with van der Waals surface area (Å²) in [7, 11) is 0. The minimum absolute atomic E-state index is 0.0863. The highest BCUT2D eigenvalue weighted by Crippen LogP contribution is 2.36. The first-order valence-corrected chi connectivity index (χ1v) is 7.12. The Labute approximate surface area is 147 Å². The van der Waals surface area contributed by atoms with Gasteiger partial charge in [-0.15, -0.1) is 0 Å². The smallest absolute Gasteiger partial charge is 0.456 e. The van der Waals surface area contributed by atoms with Crippen molar-refractivity contribution < 1.29 is 46.5 Å². The Bertz CT molecular complexity index is 885. The third-order valence-electron chi connectivity index (χ3n) is 3.22. The number of carboxylic acid groups (broad SMARTS) is 1. The van der Waals surface area contributed by atoms with Gasteiger partial charge in [-0.05, 0) is 24.3 Å². The van der Waals surface area contributed by atoms with Crippen LogP contribution in [0.1, 0.15) is 10.5 Å². The van der Waals surface area contributed by atoms with Crippen molar-refractivity contribution in [2.24, 2.45) is 0 Å². The highest BCUT2D eigenvalue weighted by molar-refractivity contribution is 5.99. The molecule has 12 heteroatoms. The van der Waals surface area contributed by atoms with Gasteiger partial charge in [0.1, 0.15) is 18.0 Å². The number of hydrogen-bond acceptors (Lipinski definition) is 5. The molecule has 0 fully saturated rings. The average molecular weight is 394 g/mol. The second kappa shape index (κ2) is 7.21. The zero-order valence-electron chi connectivity index (χ0n) is 13.2. The first-order chi connectivity index (χ1) is 12.4. The van der Waals surface area contributed by atoms with E-state index in [1.807, 2.05) is 5.32 Å². The normalized spacial score (nSPS) is 12.0. The molecule has 0 radical (unpaired) electrons. The number of nitrogens with zero attached hydrogens (tertiary/aromatic N) is 1. The van der Waals surface area contributed by atoms with E-state index in [1.165, 1.54) is 6.07 Å². The Morgan fingerprint density at radius 2 is 1.81 bits per heavy atom. The minimum Gasteiger partial charge on any atom is -0.505 e. The Morgan fingerprint density at radius 3 is 2.41 bits per heavy atom. The second-order valence-corrected chi connectivity index (χ2v) is 5.28. The zero-order valence-corrected chi connectivity index (χ0v) is 13.2. The van der Waals surface area contributed by atoms with Crippen LogP contribution in [0, 0.1) is 0 Å². The van der Waals surface area contributed by atoms with Gasteiger partial charge in [0.15, 0.2) is 12.3 Å². The summed E-state index contributed by atoms with van der Waals surface area (Å²) >= 11 is 0. The molecule has 27 heavy (non-hydrogen) atoms. The summed E-state index contributed by atoms with van der Waals surface area (Å²) in [5.41, 5.74) is -0.399. The van der Waals surface area contributed by atoms with Crippen molar-refractivity contribution >= 4 is 22.8 Å². The molecule has 0 spiro atoms. The third kappa shape index (κ3) is 4.71. The molecule has 0 aliphatic heterocycles. The van der Waals surface area contributed by atoms with Crippen LogP contribution in [0.15, 0.2) is 24.3 Å². The number of benzene rings is 1. The van der Waals surface area contributed by atoms with Crippen LogP contribution in [0.3, 0.4) is 0 Å². The third-order valence-corrected chi connectivity index (χ3v) is 3.22.